The van der Waals surface area contributed by atoms with Gasteiger partial charge in [0, 0.05) is 0 Å². The molecule has 14 heavy (non-hydrogen) atoms. The number of rotatable bonds is 4. The molecule has 0 atom stereocenters. The molecule has 6 nitrogen and oxygen atoms in total. The van der Waals surface area contributed by atoms with Gasteiger partial charge in [-0.3, -0.25) is 0 Å². The molecule has 6 heteroatoms. The summed E-state index contributed by atoms with van der Waals surface area (Å²) in [4.78, 5) is 0. The van der Waals surface area contributed by atoms with Gasteiger partial charge in [-0.1, -0.05) is 0 Å². The number of nitriles is 4. The van der Waals surface area contributed by atoms with E-state index in [0.717, 1.165) is 0 Å². The van der Waals surface area contributed by atoms with Crippen molar-refractivity contribution >= 4 is 0 Å². The SMILES string of the molecule is N#CC(C#N)CN=NCC(C#N)C#N. The molecule has 0 saturated carbocycles. The molecule has 0 unspecified atom stereocenters. The van der Waals surface area contributed by atoms with Gasteiger partial charge in [0.2, 0.25) is 0 Å². The molecule has 0 aliphatic heterocycles. The first kappa shape index (κ1) is 11.6. The largest absolute Gasteiger partial charge is 0.197 e. The fourth-order valence-corrected chi connectivity index (χ4v) is 0.500. The number of hydrogen-bond acceptors (Lipinski definition) is 6. The molecule has 0 bridgehead atoms. The molecule has 0 aromatic carbocycles. The summed E-state index contributed by atoms with van der Waals surface area (Å²) >= 11 is 0. The summed E-state index contributed by atoms with van der Waals surface area (Å²) in [6.45, 7) is -0.0346. The maximum absolute atomic E-state index is 8.35. The van der Waals surface area contributed by atoms with E-state index in [9.17, 15) is 0 Å². The van der Waals surface area contributed by atoms with Crippen molar-refractivity contribution in [3.05, 3.63) is 0 Å². The van der Waals surface area contributed by atoms with Gasteiger partial charge in [-0.05, 0) is 0 Å². The van der Waals surface area contributed by atoms with Crippen LogP contribution in [0.4, 0.5) is 0 Å². The summed E-state index contributed by atoms with van der Waals surface area (Å²) in [6.07, 6.45) is 0. The molecular formula is C8H6N6. The zero-order valence-electron chi connectivity index (χ0n) is 7.25. The summed E-state index contributed by atoms with van der Waals surface area (Å²) in [6, 6.07) is 6.89. The molecule has 0 spiro atoms. The van der Waals surface area contributed by atoms with Crippen molar-refractivity contribution in [3.63, 3.8) is 0 Å². The van der Waals surface area contributed by atoms with Crippen molar-refractivity contribution in [1.29, 1.82) is 21.0 Å². The molecule has 0 amide bonds. The molecule has 0 radical (unpaired) electrons. The molecule has 0 aliphatic carbocycles. The second kappa shape index (κ2) is 7.22. The van der Waals surface area contributed by atoms with E-state index in [0.29, 0.717) is 0 Å². The van der Waals surface area contributed by atoms with Gasteiger partial charge >= 0.3 is 0 Å². The molecule has 0 rings (SSSR count). The zero-order chi connectivity index (χ0) is 10.8. The fraction of sp³-hybridized carbons (Fsp3) is 0.500. The maximum atomic E-state index is 8.35. The second-order valence-corrected chi connectivity index (χ2v) is 2.27. The van der Waals surface area contributed by atoms with Crippen molar-refractivity contribution in [1.82, 2.24) is 0 Å². The standard InChI is InChI=1S/C8H6N6/c9-1-7(2-10)5-13-14-6-8(3-11)4-12/h7-8H,5-6H2. The number of azo groups is 1. The van der Waals surface area contributed by atoms with E-state index in [1.54, 1.807) is 24.3 Å². The van der Waals surface area contributed by atoms with Crippen LogP contribution in [0.15, 0.2) is 10.2 Å². The Bertz CT molecular complexity index is 293. The Kier molecular flexibility index (Phi) is 5.96. The second-order valence-electron chi connectivity index (χ2n) is 2.27. The van der Waals surface area contributed by atoms with Gasteiger partial charge < -0.3 is 0 Å². The molecule has 0 aliphatic rings. The van der Waals surface area contributed by atoms with E-state index < -0.39 is 11.8 Å². The molecule has 0 fully saturated rings. The van der Waals surface area contributed by atoms with Gasteiger partial charge in [-0.25, -0.2) is 0 Å². The third kappa shape index (κ3) is 4.44. The fourth-order valence-electron chi connectivity index (χ4n) is 0.500. The summed E-state index contributed by atoms with van der Waals surface area (Å²) < 4.78 is 0. The van der Waals surface area contributed by atoms with E-state index in [2.05, 4.69) is 10.2 Å². The van der Waals surface area contributed by atoms with E-state index in [1.165, 1.54) is 0 Å². The van der Waals surface area contributed by atoms with Crippen LogP contribution >= 0.6 is 0 Å². The van der Waals surface area contributed by atoms with Gasteiger partial charge in [0.1, 0.15) is 0 Å². The van der Waals surface area contributed by atoms with Crippen LogP contribution in [0.5, 0.6) is 0 Å². The minimum atomic E-state index is -0.818. The van der Waals surface area contributed by atoms with Crippen molar-refractivity contribution in [2.24, 2.45) is 22.1 Å². The lowest BCUT2D eigenvalue weighted by atomic mass is 10.2. The highest BCUT2D eigenvalue weighted by Gasteiger charge is 2.04. The first-order chi connectivity index (χ1) is 6.78. The van der Waals surface area contributed by atoms with E-state index >= 15 is 0 Å². The lowest BCUT2D eigenvalue weighted by molar-refractivity contribution is 0.733. The zero-order valence-corrected chi connectivity index (χ0v) is 7.25. The maximum Gasteiger partial charge on any atom is 0.154 e. The summed E-state index contributed by atoms with van der Waals surface area (Å²) in [5, 5.41) is 40.4. The van der Waals surface area contributed by atoms with Gasteiger partial charge in [-0.15, -0.1) is 0 Å². The lowest BCUT2D eigenvalue weighted by Crippen LogP contribution is -1.99. The van der Waals surface area contributed by atoms with Crippen molar-refractivity contribution < 1.29 is 0 Å². The smallest absolute Gasteiger partial charge is 0.154 e. The van der Waals surface area contributed by atoms with Crippen LogP contribution in [0.3, 0.4) is 0 Å². The molecule has 0 aromatic rings. The average Bonchev–Trinajstić information content (AvgIpc) is 2.24. The summed E-state index contributed by atoms with van der Waals surface area (Å²) in [7, 11) is 0. The monoisotopic (exact) mass is 186 g/mol. The summed E-state index contributed by atoms with van der Waals surface area (Å²) in [5.41, 5.74) is 0. The minimum absolute atomic E-state index is 0.0173. The highest BCUT2D eigenvalue weighted by Crippen LogP contribution is 1.96. The Balaban J connectivity index is 3.90. The van der Waals surface area contributed by atoms with E-state index in [1.807, 2.05) is 0 Å². The molecule has 0 heterocycles. The lowest BCUT2D eigenvalue weighted by Gasteiger charge is -1.92. The summed E-state index contributed by atoms with van der Waals surface area (Å²) in [5.74, 6) is -1.64. The molecule has 0 aromatic heterocycles. The molecule has 68 valence electrons. The van der Waals surface area contributed by atoms with E-state index in [-0.39, 0.29) is 13.1 Å². The van der Waals surface area contributed by atoms with Crippen LogP contribution in [-0.4, -0.2) is 13.1 Å². The highest BCUT2D eigenvalue weighted by molar-refractivity contribution is 5.01. The first-order valence-corrected chi connectivity index (χ1v) is 3.70. The van der Waals surface area contributed by atoms with Crippen LogP contribution in [-0.2, 0) is 0 Å². The Morgan fingerprint density at radius 2 is 1.00 bits per heavy atom. The topological polar surface area (TPSA) is 120 Å². The Morgan fingerprint density at radius 3 is 1.21 bits per heavy atom. The first-order valence-electron chi connectivity index (χ1n) is 3.70. The third-order valence-electron chi connectivity index (χ3n) is 1.25. The normalized spacial score (nSPS) is 9.29. The van der Waals surface area contributed by atoms with Gasteiger partial charge in [0.15, 0.2) is 11.8 Å². The van der Waals surface area contributed by atoms with Crippen LogP contribution < -0.4 is 0 Å². The Hall–Kier alpha value is -2.44. The highest BCUT2D eigenvalue weighted by atomic mass is 15.1. The number of nitrogens with zero attached hydrogens (tertiary/aromatic N) is 6. The predicted octanol–water partition coefficient (Wildman–Crippen LogP) is 0.765. The average molecular weight is 186 g/mol. The van der Waals surface area contributed by atoms with Crippen LogP contribution in [0.25, 0.3) is 0 Å². The van der Waals surface area contributed by atoms with Gasteiger partial charge in [-0.2, -0.15) is 31.3 Å². The van der Waals surface area contributed by atoms with E-state index in [4.69, 9.17) is 21.0 Å². The minimum Gasteiger partial charge on any atom is -0.197 e. The molecule has 0 saturated heterocycles. The van der Waals surface area contributed by atoms with Crippen LogP contribution in [0, 0.1) is 57.2 Å². The Labute approximate surface area is 81.3 Å². The van der Waals surface area contributed by atoms with Crippen molar-refractivity contribution in [3.8, 4) is 24.3 Å². The van der Waals surface area contributed by atoms with Crippen molar-refractivity contribution in [2.75, 3.05) is 13.1 Å². The molecule has 0 N–H and O–H groups in total. The van der Waals surface area contributed by atoms with Crippen LogP contribution in [0.2, 0.25) is 0 Å². The number of hydrogen-bond donors (Lipinski definition) is 0. The predicted molar refractivity (Wildman–Crippen MR) is 44.0 cm³/mol. The third-order valence-corrected chi connectivity index (χ3v) is 1.25. The Morgan fingerprint density at radius 1 is 0.714 bits per heavy atom. The van der Waals surface area contributed by atoms with Gasteiger partial charge in [0.25, 0.3) is 0 Å². The molecular weight excluding hydrogens is 180 g/mol. The van der Waals surface area contributed by atoms with Gasteiger partial charge in [0.05, 0.1) is 37.4 Å². The van der Waals surface area contributed by atoms with Crippen LogP contribution in [0.1, 0.15) is 0 Å². The van der Waals surface area contributed by atoms with Crippen molar-refractivity contribution in [2.45, 2.75) is 0 Å². The quantitative estimate of drug-likeness (QED) is 0.601.